The maximum Gasteiger partial charge on any atom is 0.352 e. The lowest BCUT2D eigenvalue weighted by molar-refractivity contribution is -0.132. The predicted molar refractivity (Wildman–Crippen MR) is 68.6 cm³/mol. The van der Waals surface area contributed by atoms with Crippen molar-refractivity contribution in [1.29, 1.82) is 0 Å². The van der Waals surface area contributed by atoms with Gasteiger partial charge in [0.15, 0.2) is 0 Å². The second-order valence-corrected chi connectivity index (χ2v) is 4.40. The number of benzene rings is 1. The number of aryl methyl sites for hydroxylation is 1. The van der Waals surface area contributed by atoms with E-state index in [0.717, 1.165) is 0 Å². The van der Waals surface area contributed by atoms with E-state index in [0.29, 0.717) is 11.4 Å². The number of hydrogen-bond donors (Lipinski definition) is 2. The number of aromatic nitrogens is 3. The number of anilines is 1. The lowest BCUT2D eigenvalue weighted by Gasteiger charge is -2.22. The zero-order valence-corrected chi connectivity index (χ0v) is 10.5. The number of rotatable bonds is 2. The highest BCUT2D eigenvalue weighted by atomic mass is 19.1. The molecule has 0 saturated carbocycles. The lowest BCUT2D eigenvalue weighted by atomic mass is 10.0. The van der Waals surface area contributed by atoms with Crippen LogP contribution in [0.2, 0.25) is 0 Å². The highest BCUT2D eigenvalue weighted by Crippen LogP contribution is 2.30. The number of nitrogens with zero attached hydrogens (tertiary/aromatic N) is 3. The van der Waals surface area contributed by atoms with E-state index in [1.165, 1.54) is 16.8 Å². The molecule has 2 aromatic rings. The summed E-state index contributed by atoms with van der Waals surface area (Å²) < 4.78 is 15.4. The van der Waals surface area contributed by atoms with Gasteiger partial charge in [0.05, 0.1) is 0 Å². The Hall–Kier alpha value is -2.70. The molecule has 0 radical (unpaired) electrons. The van der Waals surface area contributed by atoms with E-state index in [1.807, 2.05) is 0 Å². The number of allylic oxidation sites excluding steroid dienone is 1. The van der Waals surface area contributed by atoms with Crippen molar-refractivity contribution >= 4 is 11.9 Å². The fourth-order valence-corrected chi connectivity index (χ4v) is 2.16. The maximum atomic E-state index is 13.9. The normalized spacial score (nSPS) is 17.1. The average Bonchev–Trinajstić information content (AvgIpc) is 2.78. The molecule has 3 rings (SSSR count). The van der Waals surface area contributed by atoms with E-state index in [4.69, 9.17) is 5.11 Å². The summed E-state index contributed by atoms with van der Waals surface area (Å²) in [4.78, 5) is 15.3. The topological polar surface area (TPSA) is 80.0 Å². The van der Waals surface area contributed by atoms with Gasteiger partial charge in [-0.15, -0.1) is 0 Å². The van der Waals surface area contributed by atoms with E-state index in [9.17, 15) is 9.18 Å². The van der Waals surface area contributed by atoms with Gasteiger partial charge < -0.3 is 10.4 Å². The molecule has 0 saturated heterocycles. The third kappa shape index (κ3) is 1.93. The Morgan fingerprint density at radius 3 is 2.90 bits per heavy atom. The number of aliphatic carboxylic acids is 1. The van der Waals surface area contributed by atoms with Gasteiger partial charge in [-0.3, -0.25) is 0 Å². The molecule has 0 fully saturated rings. The van der Waals surface area contributed by atoms with E-state index < -0.39 is 17.8 Å². The van der Waals surface area contributed by atoms with Gasteiger partial charge in [-0.2, -0.15) is 10.1 Å². The van der Waals surface area contributed by atoms with Gasteiger partial charge in [-0.25, -0.2) is 13.9 Å². The molecular weight excluding hydrogens is 263 g/mol. The summed E-state index contributed by atoms with van der Waals surface area (Å²) in [7, 11) is 0. The number of carboxylic acid groups (broad SMARTS) is 1. The van der Waals surface area contributed by atoms with Gasteiger partial charge in [0.2, 0.25) is 5.95 Å². The smallest absolute Gasteiger partial charge is 0.352 e. The van der Waals surface area contributed by atoms with Crippen LogP contribution in [-0.2, 0) is 4.79 Å². The first kappa shape index (κ1) is 12.3. The van der Waals surface area contributed by atoms with Gasteiger partial charge >= 0.3 is 5.97 Å². The molecule has 2 heterocycles. The van der Waals surface area contributed by atoms with Crippen LogP contribution in [0.15, 0.2) is 36.0 Å². The van der Waals surface area contributed by atoms with E-state index in [-0.39, 0.29) is 11.6 Å². The second kappa shape index (κ2) is 4.44. The molecule has 7 heteroatoms. The monoisotopic (exact) mass is 274 g/mol. The maximum absolute atomic E-state index is 13.9. The van der Waals surface area contributed by atoms with Crippen LogP contribution in [0.5, 0.6) is 0 Å². The van der Waals surface area contributed by atoms with Crippen molar-refractivity contribution in [3.05, 3.63) is 53.2 Å². The molecule has 0 spiro atoms. The number of carboxylic acids is 1. The van der Waals surface area contributed by atoms with Gasteiger partial charge in [-0.05, 0) is 19.1 Å². The van der Waals surface area contributed by atoms with Gasteiger partial charge in [0.1, 0.15) is 23.4 Å². The molecule has 1 unspecified atom stereocenters. The van der Waals surface area contributed by atoms with Gasteiger partial charge in [-0.1, -0.05) is 18.2 Å². The van der Waals surface area contributed by atoms with Crippen molar-refractivity contribution in [3.63, 3.8) is 0 Å². The van der Waals surface area contributed by atoms with Crippen LogP contribution in [0.3, 0.4) is 0 Å². The minimum Gasteiger partial charge on any atom is -0.477 e. The van der Waals surface area contributed by atoms with Crippen molar-refractivity contribution in [2.45, 2.75) is 13.0 Å². The van der Waals surface area contributed by atoms with Crippen LogP contribution in [0.25, 0.3) is 0 Å². The lowest BCUT2D eigenvalue weighted by Crippen LogP contribution is -2.24. The first-order chi connectivity index (χ1) is 9.56. The summed E-state index contributed by atoms with van der Waals surface area (Å²) in [5.74, 6) is -0.776. The Kier molecular flexibility index (Phi) is 2.74. The molecule has 1 aromatic carbocycles. The van der Waals surface area contributed by atoms with Crippen LogP contribution < -0.4 is 5.32 Å². The van der Waals surface area contributed by atoms with Crippen LogP contribution in [-0.4, -0.2) is 25.8 Å². The highest BCUT2D eigenvalue weighted by Gasteiger charge is 2.27. The average molecular weight is 274 g/mol. The quantitative estimate of drug-likeness (QED) is 0.871. The summed E-state index contributed by atoms with van der Waals surface area (Å²) in [6, 6.07) is 5.56. The molecular formula is C13H11FN4O2. The molecule has 1 aromatic heterocycles. The molecule has 1 atom stereocenters. The molecule has 2 N–H and O–H groups in total. The Bertz CT molecular complexity index is 723. The molecule has 0 bridgehead atoms. The van der Waals surface area contributed by atoms with E-state index in [2.05, 4.69) is 15.4 Å². The van der Waals surface area contributed by atoms with Crippen molar-refractivity contribution in [2.24, 2.45) is 0 Å². The van der Waals surface area contributed by atoms with Crippen molar-refractivity contribution in [1.82, 2.24) is 14.8 Å². The van der Waals surface area contributed by atoms with E-state index in [1.54, 1.807) is 25.1 Å². The molecule has 1 aliphatic heterocycles. The number of fused-ring (bicyclic) bond motifs is 1. The third-order valence-corrected chi connectivity index (χ3v) is 3.03. The zero-order chi connectivity index (χ0) is 14.3. The fourth-order valence-electron chi connectivity index (χ4n) is 2.16. The molecule has 0 amide bonds. The number of halogens is 1. The largest absolute Gasteiger partial charge is 0.477 e. The number of carbonyl (C=O) groups is 1. The molecule has 1 aliphatic rings. The number of hydrogen-bond acceptors (Lipinski definition) is 4. The summed E-state index contributed by atoms with van der Waals surface area (Å²) >= 11 is 0. The Morgan fingerprint density at radius 2 is 2.20 bits per heavy atom. The molecule has 20 heavy (non-hydrogen) atoms. The summed E-state index contributed by atoms with van der Waals surface area (Å²) in [5.41, 5.74) is 0.303. The third-order valence-electron chi connectivity index (χ3n) is 3.03. The Balaban J connectivity index is 2.17. The fraction of sp³-hybridized carbons (Fsp3) is 0.154. The van der Waals surface area contributed by atoms with Crippen LogP contribution in [0, 0.1) is 12.7 Å². The van der Waals surface area contributed by atoms with Crippen LogP contribution in [0.1, 0.15) is 17.4 Å². The van der Waals surface area contributed by atoms with Crippen LogP contribution in [0.4, 0.5) is 10.3 Å². The first-order valence-corrected chi connectivity index (χ1v) is 5.96. The molecule has 0 aliphatic carbocycles. The summed E-state index contributed by atoms with van der Waals surface area (Å²) in [6.07, 6.45) is 1.42. The van der Waals surface area contributed by atoms with Gasteiger partial charge in [0.25, 0.3) is 0 Å². The van der Waals surface area contributed by atoms with Crippen LogP contribution >= 0.6 is 0 Å². The van der Waals surface area contributed by atoms with Crippen molar-refractivity contribution in [3.8, 4) is 0 Å². The summed E-state index contributed by atoms with van der Waals surface area (Å²) in [6.45, 7) is 1.69. The minimum absolute atomic E-state index is 0.0434. The van der Waals surface area contributed by atoms with Gasteiger partial charge in [0, 0.05) is 5.56 Å². The van der Waals surface area contributed by atoms with Crippen molar-refractivity contribution in [2.75, 3.05) is 5.32 Å². The standard InChI is InChI=1S/C13H11FN4O2/c1-7-15-13-16-10(12(19)20)6-11(18(13)17-7)8-4-2-3-5-9(8)14/h2-6,11H,1H3,(H,19,20)(H,15,16,17). The number of nitrogens with one attached hydrogen (secondary N) is 1. The van der Waals surface area contributed by atoms with E-state index >= 15 is 0 Å². The zero-order valence-electron chi connectivity index (χ0n) is 10.5. The molecule has 6 nitrogen and oxygen atoms in total. The Morgan fingerprint density at radius 1 is 1.45 bits per heavy atom. The minimum atomic E-state index is -1.13. The highest BCUT2D eigenvalue weighted by molar-refractivity contribution is 5.90. The second-order valence-electron chi connectivity index (χ2n) is 4.40. The first-order valence-electron chi connectivity index (χ1n) is 5.96. The summed E-state index contributed by atoms with van der Waals surface area (Å²) in [5, 5.41) is 16.0. The predicted octanol–water partition coefficient (Wildman–Crippen LogP) is 1.71. The molecule has 102 valence electrons. The SMILES string of the molecule is Cc1nc2n(n1)C(c1ccccc1F)C=C(C(=O)O)N2. The Labute approximate surface area is 113 Å². The van der Waals surface area contributed by atoms with Crippen molar-refractivity contribution < 1.29 is 14.3 Å².